The van der Waals surface area contributed by atoms with Crippen LogP contribution in [0.15, 0.2) is 24.4 Å². The third-order valence-electron chi connectivity index (χ3n) is 4.84. The molecule has 1 aromatic carbocycles. The van der Waals surface area contributed by atoms with Crippen molar-refractivity contribution in [3.05, 3.63) is 24.4 Å². The van der Waals surface area contributed by atoms with E-state index in [1.54, 1.807) is 14.2 Å². The molecule has 1 unspecified atom stereocenters. The van der Waals surface area contributed by atoms with Crippen LogP contribution in [0, 0.1) is 0 Å². The monoisotopic (exact) mass is 330 g/mol. The molecule has 0 bridgehead atoms. The molecular weight excluding hydrogens is 304 g/mol. The molecule has 1 aliphatic rings. The Labute approximate surface area is 143 Å². The molecule has 1 atom stereocenters. The fourth-order valence-electron chi connectivity index (χ4n) is 3.29. The molecule has 0 amide bonds. The first-order valence-corrected chi connectivity index (χ1v) is 8.37. The summed E-state index contributed by atoms with van der Waals surface area (Å²) in [6.45, 7) is 6.91. The van der Waals surface area contributed by atoms with Crippen LogP contribution < -0.4 is 20.1 Å². The van der Waals surface area contributed by atoms with Gasteiger partial charge in [-0.15, -0.1) is 0 Å². The Morgan fingerprint density at radius 3 is 2.42 bits per heavy atom. The van der Waals surface area contributed by atoms with Crippen LogP contribution in [0.3, 0.4) is 0 Å². The quantitative estimate of drug-likeness (QED) is 0.901. The second kappa shape index (κ2) is 7.23. The normalized spacial score (nSPS) is 17.1. The third-order valence-corrected chi connectivity index (χ3v) is 4.84. The van der Waals surface area contributed by atoms with Gasteiger partial charge in [-0.3, -0.25) is 9.88 Å². The van der Waals surface area contributed by atoms with Crippen molar-refractivity contribution in [3.63, 3.8) is 0 Å². The minimum atomic E-state index is 0.436. The lowest BCUT2D eigenvalue weighted by molar-refractivity contribution is 0.201. The topological polar surface area (TPSA) is 63.9 Å². The van der Waals surface area contributed by atoms with Crippen LogP contribution in [0.4, 0.5) is 5.69 Å². The summed E-state index contributed by atoms with van der Waals surface area (Å²) in [5, 5.41) is 1.09. The van der Waals surface area contributed by atoms with Crippen LogP contribution in [0.1, 0.15) is 6.92 Å². The van der Waals surface area contributed by atoms with Gasteiger partial charge in [0.05, 0.1) is 19.7 Å². The number of rotatable bonds is 5. The maximum atomic E-state index is 5.79. The highest BCUT2D eigenvalue weighted by Crippen LogP contribution is 2.35. The number of hydrogen-bond acceptors (Lipinski definition) is 6. The first-order valence-electron chi connectivity index (χ1n) is 8.37. The van der Waals surface area contributed by atoms with E-state index in [0.717, 1.165) is 42.8 Å². The Morgan fingerprint density at radius 1 is 1.12 bits per heavy atom. The minimum absolute atomic E-state index is 0.436. The molecule has 2 heterocycles. The molecule has 2 N–H and O–H groups in total. The van der Waals surface area contributed by atoms with E-state index in [2.05, 4.69) is 27.8 Å². The summed E-state index contributed by atoms with van der Waals surface area (Å²) in [6.07, 6.45) is 1.86. The Hall–Kier alpha value is -2.05. The molecule has 6 nitrogen and oxygen atoms in total. The molecule has 1 aromatic heterocycles. The van der Waals surface area contributed by atoms with Crippen molar-refractivity contribution in [1.29, 1.82) is 0 Å². The number of anilines is 1. The van der Waals surface area contributed by atoms with Gasteiger partial charge >= 0.3 is 0 Å². The lowest BCUT2D eigenvalue weighted by Crippen LogP contribution is -2.51. The highest BCUT2D eigenvalue weighted by molar-refractivity contribution is 5.94. The zero-order valence-corrected chi connectivity index (χ0v) is 14.7. The van der Waals surface area contributed by atoms with E-state index in [1.165, 1.54) is 5.69 Å². The Kier molecular flexibility index (Phi) is 5.06. The van der Waals surface area contributed by atoms with Crippen LogP contribution in [0.5, 0.6) is 11.5 Å². The van der Waals surface area contributed by atoms with Crippen molar-refractivity contribution in [1.82, 2.24) is 9.88 Å². The van der Waals surface area contributed by atoms with Crippen molar-refractivity contribution < 1.29 is 9.47 Å². The first kappa shape index (κ1) is 16.8. The van der Waals surface area contributed by atoms with Crippen LogP contribution in [-0.2, 0) is 0 Å². The Bertz CT molecular complexity index is 699. The van der Waals surface area contributed by atoms with Gasteiger partial charge in [-0.25, -0.2) is 0 Å². The van der Waals surface area contributed by atoms with Crippen LogP contribution in [0.25, 0.3) is 10.9 Å². The summed E-state index contributed by atoms with van der Waals surface area (Å²) in [4.78, 5) is 9.35. The molecule has 1 saturated heterocycles. The minimum Gasteiger partial charge on any atom is -0.493 e. The van der Waals surface area contributed by atoms with Gasteiger partial charge in [0.15, 0.2) is 11.5 Å². The van der Waals surface area contributed by atoms with Gasteiger partial charge in [0, 0.05) is 62.1 Å². The highest BCUT2D eigenvalue weighted by atomic mass is 16.5. The van der Waals surface area contributed by atoms with E-state index in [-0.39, 0.29) is 0 Å². The molecule has 24 heavy (non-hydrogen) atoms. The lowest BCUT2D eigenvalue weighted by Gasteiger charge is -2.39. The van der Waals surface area contributed by atoms with Gasteiger partial charge in [0.25, 0.3) is 0 Å². The number of methoxy groups -OCH3 is 2. The summed E-state index contributed by atoms with van der Waals surface area (Å²) in [6, 6.07) is 6.47. The molecule has 1 aliphatic heterocycles. The van der Waals surface area contributed by atoms with Crippen LogP contribution in [0.2, 0.25) is 0 Å². The first-order chi connectivity index (χ1) is 11.7. The number of nitrogens with two attached hydrogens (primary N) is 1. The average Bonchev–Trinajstić information content (AvgIpc) is 2.65. The van der Waals surface area contributed by atoms with E-state index >= 15 is 0 Å². The summed E-state index contributed by atoms with van der Waals surface area (Å²) in [5.74, 6) is 1.44. The van der Waals surface area contributed by atoms with Gasteiger partial charge in [-0.2, -0.15) is 0 Å². The lowest BCUT2D eigenvalue weighted by atomic mass is 10.1. The van der Waals surface area contributed by atoms with Crippen molar-refractivity contribution in [2.45, 2.75) is 13.0 Å². The van der Waals surface area contributed by atoms with Crippen molar-refractivity contribution in [2.24, 2.45) is 5.73 Å². The fraction of sp³-hybridized carbons (Fsp3) is 0.500. The molecule has 0 saturated carbocycles. The second-order valence-corrected chi connectivity index (χ2v) is 6.16. The number of pyridine rings is 1. The molecule has 0 spiro atoms. The maximum Gasteiger partial charge on any atom is 0.162 e. The second-order valence-electron chi connectivity index (χ2n) is 6.16. The largest absolute Gasteiger partial charge is 0.493 e. The van der Waals surface area contributed by atoms with Crippen LogP contribution >= 0.6 is 0 Å². The molecule has 3 rings (SSSR count). The predicted molar refractivity (Wildman–Crippen MR) is 97.1 cm³/mol. The SMILES string of the molecule is COc1cc2nccc(N3CCN(C(C)CN)CC3)c2cc1OC. The van der Waals surface area contributed by atoms with E-state index < -0.39 is 0 Å². The molecule has 1 fully saturated rings. The smallest absolute Gasteiger partial charge is 0.162 e. The number of nitrogens with zero attached hydrogens (tertiary/aromatic N) is 3. The fourth-order valence-corrected chi connectivity index (χ4v) is 3.29. The number of hydrogen-bond donors (Lipinski definition) is 1. The van der Waals surface area contributed by atoms with E-state index in [0.29, 0.717) is 18.3 Å². The van der Waals surface area contributed by atoms with Gasteiger partial charge in [-0.1, -0.05) is 0 Å². The molecule has 130 valence electrons. The zero-order chi connectivity index (χ0) is 17.1. The standard InChI is InChI=1S/C18H26N4O2/c1-13(12-19)21-6-8-22(9-7-21)16-4-5-20-15-11-18(24-3)17(23-2)10-14(15)16/h4-5,10-11,13H,6-9,12,19H2,1-3H3. The number of ether oxygens (including phenoxy) is 2. The van der Waals surface area contributed by atoms with Gasteiger partial charge in [0.2, 0.25) is 0 Å². The number of piperazine rings is 1. The molecular formula is C18H26N4O2. The Morgan fingerprint density at radius 2 is 1.79 bits per heavy atom. The number of fused-ring (bicyclic) bond motifs is 1. The van der Waals surface area contributed by atoms with E-state index in [9.17, 15) is 0 Å². The van der Waals surface area contributed by atoms with Gasteiger partial charge in [-0.05, 0) is 19.1 Å². The van der Waals surface area contributed by atoms with Crippen molar-refractivity contribution in [2.75, 3.05) is 51.8 Å². The predicted octanol–water partition coefficient (Wildman–Crippen LogP) is 1.72. The molecule has 0 radical (unpaired) electrons. The molecule has 0 aliphatic carbocycles. The summed E-state index contributed by atoms with van der Waals surface area (Å²) >= 11 is 0. The summed E-state index contributed by atoms with van der Waals surface area (Å²) in [7, 11) is 3.30. The number of benzene rings is 1. The summed E-state index contributed by atoms with van der Waals surface area (Å²) in [5.41, 5.74) is 7.91. The summed E-state index contributed by atoms with van der Waals surface area (Å²) < 4.78 is 10.8. The van der Waals surface area contributed by atoms with Crippen LogP contribution in [-0.4, -0.2) is 62.9 Å². The van der Waals surface area contributed by atoms with Gasteiger partial charge in [0.1, 0.15) is 0 Å². The molecule has 6 heteroatoms. The number of aromatic nitrogens is 1. The zero-order valence-electron chi connectivity index (χ0n) is 14.7. The van der Waals surface area contributed by atoms with Crippen molar-refractivity contribution in [3.8, 4) is 11.5 Å². The third kappa shape index (κ3) is 3.12. The van der Waals surface area contributed by atoms with E-state index in [4.69, 9.17) is 15.2 Å². The van der Waals surface area contributed by atoms with E-state index in [1.807, 2.05) is 18.3 Å². The van der Waals surface area contributed by atoms with Gasteiger partial charge < -0.3 is 20.1 Å². The van der Waals surface area contributed by atoms with Crippen molar-refractivity contribution >= 4 is 16.6 Å². The maximum absolute atomic E-state index is 5.79. The average molecular weight is 330 g/mol. The molecule has 2 aromatic rings. The highest BCUT2D eigenvalue weighted by Gasteiger charge is 2.22. The Balaban J connectivity index is 1.90.